The third-order valence-electron chi connectivity index (χ3n) is 9.17. The number of alkyl halides is 6. The molecule has 0 unspecified atom stereocenters. The zero-order chi connectivity index (χ0) is 41.8. The number of hydrogen-bond donors (Lipinski definition) is 1. The molecule has 10 nitrogen and oxygen atoms in total. The standard InChI is InChI=1S/C38H34F8N6O4S/c1-36(2,54)9-8-29-47-17-27(25-6-5-7-26-28(19-57(4,55)56)49-51(3)33(25)26)31(48-29)21(12-20-13-22(39)16-23(40)14-20)15-24(53)18-52-34-30(32(50-52)35(41)42)37(43,44)10-11-38(34,45)46/h5-7,13-14,16-17,21,35,54H,10-12,15,18-19H2,1-4H3/t21-/m1/s1. The predicted molar refractivity (Wildman–Crippen MR) is 190 cm³/mol. The van der Waals surface area contributed by atoms with Crippen LogP contribution < -0.4 is 0 Å². The van der Waals surface area contributed by atoms with Gasteiger partial charge < -0.3 is 5.11 Å². The van der Waals surface area contributed by atoms with Crippen molar-refractivity contribution in [2.75, 3.05) is 6.26 Å². The van der Waals surface area contributed by atoms with E-state index >= 15 is 8.78 Å². The lowest BCUT2D eigenvalue weighted by Crippen LogP contribution is -2.33. The van der Waals surface area contributed by atoms with Crippen molar-refractivity contribution in [1.29, 1.82) is 0 Å². The molecule has 302 valence electrons. The van der Waals surface area contributed by atoms with E-state index in [1.807, 2.05) is 0 Å². The van der Waals surface area contributed by atoms with Gasteiger partial charge >= 0.3 is 0 Å². The number of sulfone groups is 1. The molecule has 1 N–H and O–H groups in total. The third kappa shape index (κ3) is 9.01. The SMILES string of the molecule is Cn1nc(CS(C)(=O)=O)c2cccc(-c3cnc(C#CC(C)(C)O)nc3[C@@H](CC(=O)Cn3nc(C(F)F)c4c3C(F)(F)CCC4(F)F)Cc3cc(F)cc(F)c3)c21. The lowest BCUT2D eigenvalue weighted by molar-refractivity contribution is -0.121. The second-order valence-corrected chi connectivity index (χ2v) is 16.7. The lowest BCUT2D eigenvalue weighted by Gasteiger charge is -2.29. The Morgan fingerprint density at radius 3 is 2.30 bits per heavy atom. The Morgan fingerprint density at radius 1 is 1.00 bits per heavy atom. The number of carbonyl (C=O) groups is 1. The summed E-state index contributed by atoms with van der Waals surface area (Å²) in [5.41, 5.74) is -5.08. The molecular weight excluding hydrogens is 789 g/mol. The average Bonchev–Trinajstić information content (AvgIpc) is 3.63. The zero-order valence-electron chi connectivity index (χ0n) is 30.7. The fourth-order valence-electron chi connectivity index (χ4n) is 6.99. The van der Waals surface area contributed by atoms with Gasteiger partial charge in [0.1, 0.15) is 35.2 Å². The average molecular weight is 823 g/mol. The Morgan fingerprint density at radius 2 is 1.67 bits per heavy atom. The van der Waals surface area contributed by atoms with Crippen molar-refractivity contribution in [3.8, 4) is 23.0 Å². The molecule has 6 rings (SSSR count). The van der Waals surface area contributed by atoms with Gasteiger partial charge in [0.25, 0.3) is 18.3 Å². The van der Waals surface area contributed by atoms with Crippen LogP contribution in [0.3, 0.4) is 0 Å². The second kappa shape index (κ2) is 14.9. The molecule has 0 bridgehead atoms. The molecule has 1 aliphatic carbocycles. The minimum atomic E-state index is -4.08. The predicted octanol–water partition coefficient (Wildman–Crippen LogP) is 7.07. The fourth-order valence-corrected chi connectivity index (χ4v) is 7.70. The van der Waals surface area contributed by atoms with Gasteiger partial charge in [-0.2, -0.15) is 19.0 Å². The number of nitrogens with zero attached hydrogens (tertiary/aromatic N) is 6. The number of aromatic nitrogens is 6. The van der Waals surface area contributed by atoms with Crippen LogP contribution in [0.1, 0.15) is 85.2 Å². The number of rotatable bonds is 11. The molecule has 0 saturated heterocycles. The largest absolute Gasteiger partial charge is 0.378 e. The summed E-state index contributed by atoms with van der Waals surface area (Å²) in [5.74, 6) is -7.68. The first kappa shape index (κ1) is 41.4. The Kier molecular flexibility index (Phi) is 10.9. The number of fused-ring (bicyclic) bond motifs is 2. The van der Waals surface area contributed by atoms with E-state index in [2.05, 4.69) is 32.0 Å². The molecule has 3 aromatic heterocycles. The van der Waals surface area contributed by atoms with Gasteiger partial charge in [0.05, 0.1) is 28.2 Å². The van der Waals surface area contributed by atoms with Crippen molar-refractivity contribution in [1.82, 2.24) is 29.5 Å². The number of aliphatic hydroxyl groups is 1. The van der Waals surface area contributed by atoms with Crippen molar-refractivity contribution in [2.45, 2.75) is 81.6 Å². The van der Waals surface area contributed by atoms with Crippen molar-refractivity contribution in [2.24, 2.45) is 7.05 Å². The molecule has 1 aliphatic rings. The van der Waals surface area contributed by atoms with Crippen molar-refractivity contribution < 1.29 is 53.4 Å². The first-order valence-electron chi connectivity index (χ1n) is 17.3. The Balaban J connectivity index is 1.53. The van der Waals surface area contributed by atoms with Gasteiger partial charge in [0.2, 0.25) is 5.82 Å². The maximum atomic E-state index is 15.2. The van der Waals surface area contributed by atoms with E-state index in [0.29, 0.717) is 22.5 Å². The van der Waals surface area contributed by atoms with Crippen LogP contribution in [-0.4, -0.2) is 60.7 Å². The smallest absolute Gasteiger partial charge is 0.290 e. The number of aryl methyl sites for hydroxylation is 1. The van der Waals surface area contributed by atoms with Gasteiger partial charge in [0.15, 0.2) is 15.6 Å². The maximum Gasteiger partial charge on any atom is 0.290 e. The van der Waals surface area contributed by atoms with Gasteiger partial charge in [-0.25, -0.2) is 44.7 Å². The lowest BCUT2D eigenvalue weighted by atomic mass is 9.86. The molecule has 1 atom stereocenters. The highest BCUT2D eigenvalue weighted by molar-refractivity contribution is 7.89. The topological polar surface area (TPSA) is 133 Å². The molecular formula is C38H34F8N6O4S. The van der Waals surface area contributed by atoms with Gasteiger partial charge in [-0.3, -0.25) is 14.2 Å². The first-order chi connectivity index (χ1) is 26.4. The fraction of sp³-hybridized carbons (Fsp3) is 0.395. The molecule has 2 aromatic carbocycles. The maximum absolute atomic E-state index is 15.2. The van der Waals surface area contributed by atoms with E-state index in [1.54, 1.807) is 25.2 Å². The molecule has 3 heterocycles. The van der Waals surface area contributed by atoms with Gasteiger partial charge in [0, 0.05) is 67.3 Å². The molecule has 0 aliphatic heterocycles. The van der Waals surface area contributed by atoms with Crippen molar-refractivity contribution >= 4 is 26.5 Å². The highest BCUT2D eigenvalue weighted by atomic mass is 32.2. The van der Waals surface area contributed by atoms with E-state index in [9.17, 15) is 44.7 Å². The van der Waals surface area contributed by atoms with E-state index in [4.69, 9.17) is 0 Å². The van der Waals surface area contributed by atoms with Crippen LogP contribution in [0.5, 0.6) is 0 Å². The van der Waals surface area contributed by atoms with Gasteiger partial charge in [-0.15, -0.1) is 0 Å². The molecule has 0 fully saturated rings. The number of Topliss-reactive ketones (excluding diaryl/α,β-unsaturated/α-hetero) is 1. The summed E-state index contributed by atoms with van der Waals surface area (Å²) >= 11 is 0. The second-order valence-electron chi connectivity index (χ2n) is 14.5. The summed E-state index contributed by atoms with van der Waals surface area (Å²) in [4.78, 5) is 22.9. The summed E-state index contributed by atoms with van der Waals surface area (Å²) in [5, 5.41) is 18.5. The summed E-state index contributed by atoms with van der Waals surface area (Å²) in [6.45, 7) is 1.62. The highest BCUT2D eigenvalue weighted by Gasteiger charge is 2.55. The van der Waals surface area contributed by atoms with Crippen molar-refractivity contribution in [3.05, 3.63) is 94.0 Å². The first-order valence-corrected chi connectivity index (χ1v) is 19.4. The Hall–Kier alpha value is -5.22. The Bertz CT molecular complexity index is 2550. The quantitative estimate of drug-likeness (QED) is 0.111. The van der Waals surface area contributed by atoms with E-state index in [-0.39, 0.29) is 39.4 Å². The molecule has 19 heteroatoms. The molecule has 0 radical (unpaired) electrons. The zero-order valence-corrected chi connectivity index (χ0v) is 31.5. The third-order valence-corrected chi connectivity index (χ3v) is 9.97. The van der Waals surface area contributed by atoms with E-state index < -0.39 is 106 Å². The summed E-state index contributed by atoms with van der Waals surface area (Å²) < 4.78 is 143. The number of para-hydroxylation sites is 1. The normalized spacial score (nSPS) is 15.7. The van der Waals surface area contributed by atoms with Crippen LogP contribution >= 0.6 is 0 Å². The van der Waals surface area contributed by atoms with Crippen LogP contribution in [-0.2, 0) is 52.2 Å². The van der Waals surface area contributed by atoms with E-state index in [1.165, 1.54) is 24.7 Å². The van der Waals surface area contributed by atoms with Gasteiger partial charge in [-0.1, -0.05) is 24.1 Å². The molecule has 5 aromatic rings. The number of halogens is 8. The minimum absolute atomic E-state index is 0.00838. The van der Waals surface area contributed by atoms with Crippen LogP contribution in [0.25, 0.3) is 22.0 Å². The number of benzene rings is 2. The molecule has 0 spiro atoms. The molecule has 57 heavy (non-hydrogen) atoms. The molecule has 0 amide bonds. The van der Waals surface area contributed by atoms with Crippen LogP contribution in [0.2, 0.25) is 0 Å². The minimum Gasteiger partial charge on any atom is -0.378 e. The van der Waals surface area contributed by atoms with Crippen molar-refractivity contribution in [3.63, 3.8) is 0 Å². The Labute approximate surface area is 320 Å². The monoisotopic (exact) mass is 822 g/mol. The summed E-state index contributed by atoms with van der Waals surface area (Å²) in [6, 6.07) is 7.41. The van der Waals surface area contributed by atoms with Crippen LogP contribution in [0, 0.1) is 23.5 Å². The highest BCUT2D eigenvalue weighted by Crippen LogP contribution is 2.52. The summed E-state index contributed by atoms with van der Waals surface area (Å²) in [6.07, 6.45) is -5.18. The number of hydrogen-bond acceptors (Lipinski definition) is 8. The van der Waals surface area contributed by atoms with Crippen LogP contribution in [0.4, 0.5) is 35.1 Å². The molecule has 0 saturated carbocycles. The summed E-state index contributed by atoms with van der Waals surface area (Å²) in [7, 11) is -2.00. The van der Waals surface area contributed by atoms with Crippen LogP contribution in [0.15, 0.2) is 42.6 Å². The van der Waals surface area contributed by atoms with E-state index in [0.717, 1.165) is 18.4 Å². The number of ketones is 1. The number of carbonyl (C=O) groups excluding carboxylic acids is 1. The van der Waals surface area contributed by atoms with Gasteiger partial charge in [-0.05, 0) is 43.9 Å².